The van der Waals surface area contributed by atoms with Crippen molar-refractivity contribution in [3.05, 3.63) is 72.9 Å². The van der Waals surface area contributed by atoms with Crippen molar-refractivity contribution in [3.8, 4) is 0 Å². The Kier molecular flexibility index (Phi) is 7.98. The van der Waals surface area contributed by atoms with E-state index in [1.807, 2.05) is 36.1 Å². The molecule has 0 saturated carbocycles. The van der Waals surface area contributed by atoms with Crippen LogP contribution < -0.4 is 10.1 Å². The molecule has 0 aliphatic rings. The highest BCUT2D eigenvalue weighted by Gasteiger charge is 2.10. The van der Waals surface area contributed by atoms with Gasteiger partial charge in [0, 0.05) is 33.9 Å². The van der Waals surface area contributed by atoms with Gasteiger partial charge in [0.25, 0.3) is 0 Å². The summed E-state index contributed by atoms with van der Waals surface area (Å²) < 4.78 is 1.86. The highest BCUT2D eigenvalue weighted by molar-refractivity contribution is 7.07. The predicted molar refractivity (Wildman–Crippen MR) is 121 cm³/mol. The molecule has 0 saturated heterocycles. The minimum Gasteiger partial charge on any atom is -0.326 e. The SMILES string of the molecule is Cc1ccc(NC(=O)Cc2csc(=Nc3cc(Cl)ccc3Cl)n2C)cc1Cl.Cl. The molecule has 0 bridgehead atoms. The molecule has 0 radical (unpaired) electrons. The summed E-state index contributed by atoms with van der Waals surface area (Å²) in [6.45, 7) is 1.91. The number of thiazole rings is 1. The standard InChI is InChI=1S/C19H16Cl3N3OS.ClH/c1-11-3-5-13(8-16(11)22)23-18(26)9-14-10-27-19(25(14)2)24-17-7-12(20)4-6-15(17)21;/h3-8,10H,9H2,1-2H3,(H,23,26);1H. The molecule has 0 unspecified atom stereocenters. The number of benzene rings is 2. The van der Waals surface area contributed by atoms with Crippen molar-refractivity contribution < 1.29 is 4.79 Å². The van der Waals surface area contributed by atoms with E-state index in [-0.39, 0.29) is 24.7 Å². The summed E-state index contributed by atoms with van der Waals surface area (Å²) in [5.74, 6) is -0.129. The second kappa shape index (κ2) is 9.81. The lowest BCUT2D eigenvalue weighted by atomic mass is 10.2. The number of nitrogens with zero attached hydrogens (tertiary/aromatic N) is 2. The van der Waals surface area contributed by atoms with Crippen LogP contribution in [0, 0.1) is 6.92 Å². The van der Waals surface area contributed by atoms with Gasteiger partial charge in [-0.3, -0.25) is 4.79 Å². The predicted octanol–water partition coefficient (Wildman–Crippen LogP) is 6.19. The van der Waals surface area contributed by atoms with E-state index in [0.29, 0.717) is 26.4 Å². The van der Waals surface area contributed by atoms with Crippen LogP contribution in [-0.4, -0.2) is 10.5 Å². The lowest BCUT2D eigenvalue weighted by Gasteiger charge is -2.07. The van der Waals surface area contributed by atoms with Crippen LogP contribution in [0.4, 0.5) is 11.4 Å². The first-order valence-corrected chi connectivity index (χ1v) is 10.0. The molecule has 0 aliphatic carbocycles. The largest absolute Gasteiger partial charge is 0.326 e. The molecule has 1 aromatic heterocycles. The number of carbonyl (C=O) groups is 1. The van der Waals surface area contributed by atoms with Crippen LogP contribution in [-0.2, 0) is 18.3 Å². The fraction of sp³-hybridized carbons (Fsp3) is 0.158. The van der Waals surface area contributed by atoms with Gasteiger partial charge in [-0.15, -0.1) is 23.7 Å². The van der Waals surface area contributed by atoms with Crippen molar-refractivity contribution >= 4 is 75.8 Å². The highest BCUT2D eigenvalue weighted by Crippen LogP contribution is 2.27. The smallest absolute Gasteiger partial charge is 0.230 e. The first-order chi connectivity index (χ1) is 12.8. The third-order valence-electron chi connectivity index (χ3n) is 3.94. The van der Waals surface area contributed by atoms with Gasteiger partial charge in [-0.1, -0.05) is 40.9 Å². The second-order valence-electron chi connectivity index (χ2n) is 5.97. The van der Waals surface area contributed by atoms with Crippen LogP contribution in [0.1, 0.15) is 11.3 Å². The van der Waals surface area contributed by atoms with Gasteiger partial charge in [-0.25, -0.2) is 4.99 Å². The summed E-state index contributed by atoms with van der Waals surface area (Å²) in [6, 6.07) is 10.6. The summed E-state index contributed by atoms with van der Waals surface area (Å²) in [6.07, 6.45) is 0.220. The molecular formula is C19H17Cl4N3OS. The first-order valence-electron chi connectivity index (χ1n) is 8.02. The van der Waals surface area contributed by atoms with Crippen molar-refractivity contribution in [1.82, 2.24) is 4.57 Å². The van der Waals surface area contributed by atoms with Gasteiger partial charge in [0.1, 0.15) is 0 Å². The minimum atomic E-state index is -0.129. The molecule has 9 heteroatoms. The Morgan fingerprint density at radius 1 is 1.14 bits per heavy atom. The molecule has 0 atom stereocenters. The van der Waals surface area contributed by atoms with E-state index in [1.165, 1.54) is 11.3 Å². The fourth-order valence-electron chi connectivity index (χ4n) is 2.38. The second-order valence-corrected chi connectivity index (χ2v) is 8.05. The van der Waals surface area contributed by atoms with Gasteiger partial charge in [-0.05, 0) is 42.8 Å². The zero-order valence-electron chi connectivity index (χ0n) is 15.0. The number of halogens is 4. The van der Waals surface area contributed by atoms with Crippen LogP contribution in [0.5, 0.6) is 0 Å². The zero-order chi connectivity index (χ0) is 19.6. The van der Waals surface area contributed by atoms with Crippen molar-refractivity contribution in [2.45, 2.75) is 13.3 Å². The first kappa shape index (κ1) is 22.8. The van der Waals surface area contributed by atoms with Gasteiger partial charge >= 0.3 is 0 Å². The molecule has 2 aromatic carbocycles. The maximum Gasteiger partial charge on any atom is 0.230 e. The van der Waals surface area contributed by atoms with Crippen molar-refractivity contribution in [2.75, 3.05) is 5.32 Å². The number of anilines is 1. The summed E-state index contributed by atoms with van der Waals surface area (Å²) in [4.78, 5) is 17.6. The maximum absolute atomic E-state index is 12.4. The Morgan fingerprint density at radius 3 is 2.61 bits per heavy atom. The summed E-state index contributed by atoms with van der Waals surface area (Å²) in [7, 11) is 1.86. The summed E-state index contributed by atoms with van der Waals surface area (Å²) >= 11 is 19.7. The Morgan fingerprint density at radius 2 is 1.89 bits per heavy atom. The molecule has 0 fully saturated rings. The number of aromatic nitrogens is 1. The van der Waals surface area contributed by atoms with E-state index in [1.54, 1.807) is 24.3 Å². The maximum atomic E-state index is 12.4. The van der Waals surface area contributed by atoms with Crippen LogP contribution in [0.2, 0.25) is 15.1 Å². The topological polar surface area (TPSA) is 46.4 Å². The molecule has 1 N–H and O–H groups in total. The molecule has 3 rings (SSSR count). The van der Waals surface area contributed by atoms with Crippen molar-refractivity contribution in [1.29, 1.82) is 0 Å². The van der Waals surface area contributed by atoms with E-state index >= 15 is 0 Å². The number of amides is 1. The number of aryl methyl sites for hydroxylation is 1. The van der Waals surface area contributed by atoms with E-state index < -0.39 is 0 Å². The normalized spacial score (nSPS) is 11.2. The average Bonchev–Trinajstić information content (AvgIpc) is 2.94. The van der Waals surface area contributed by atoms with Gasteiger partial charge in [0.15, 0.2) is 4.80 Å². The molecule has 3 aromatic rings. The third kappa shape index (κ3) is 5.52. The number of rotatable bonds is 4. The quantitative estimate of drug-likeness (QED) is 0.479. The van der Waals surface area contributed by atoms with Crippen LogP contribution >= 0.6 is 58.5 Å². The average molecular weight is 477 g/mol. The van der Waals surface area contributed by atoms with Crippen molar-refractivity contribution in [3.63, 3.8) is 0 Å². The van der Waals surface area contributed by atoms with Gasteiger partial charge in [0.2, 0.25) is 5.91 Å². The Bertz CT molecular complexity index is 1080. The zero-order valence-corrected chi connectivity index (χ0v) is 18.9. The van der Waals surface area contributed by atoms with Gasteiger partial charge in [0.05, 0.1) is 17.1 Å². The molecule has 1 amide bonds. The Hall–Kier alpha value is -1.50. The van der Waals surface area contributed by atoms with E-state index in [9.17, 15) is 4.79 Å². The monoisotopic (exact) mass is 475 g/mol. The molecule has 148 valence electrons. The van der Waals surface area contributed by atoms with E-state index in [2.05, 4.69) is 10.3 Å². The van der Waals surface area contributed by atoms with Gasteiger partial charge < -0.3 is 9.88 Å². The summed E-state index contributed by atoms with van der Waals surface area (Å²) in [5.41, 5.74) is 3.06. The third-order valence-corrected chi connectivity index (χ3v) is 5.87. The van der Waals surface area contributed by atoms with Crippen LogP contribution in [0.3, 0.4) is 0 Å². The molecule has 0 aliphatic heterocycles. The number of nitrogens with one attached hydrogen (secondary N) is 1. The van der Waals surface area contributed by atoms with Crippen LogP contribution in [0.25, 0.3) is 0 Å². The molecule has 4 nitrogen and oxygen atoms in total. The van der Waals surface area contributed by atoms with E-state index in [0.717, 1.165) is 16.1 Å². The molecule has 1 heterocycles. The lowest BCUT2D eigenvalue weighted by molar-refractivity contribution is -0.115. The number of carbonyl (C=O) groups excluding carboxylic acids is 1. The Balaban J connectivity index is 0.00000280. The fourth-order valence-corrected chi connectivity index (χ4v) is 3.79. The van der Waals surface area contributed by atoms with Gasteiger partial charge in [-0.2, -0.15) is 0 Å². The lowest BCUT2D eigenvalue weighted by Crippen LogP contribution is -2.19. The van der Waals surface area contributed by atoms with Crippen molar-refractivity contribution in [2.24, 2.45) is 12.0 Å². The molecule has 28 heavy (non-hydrogen) atoms. The number of hydrogen-bond donors (Lipinski definition) is 1. The van der Waals surface area contributed by atoms with Crippen LogP contribution in [0.15, 0.2) is 46.8 Å². The summed E-state index contributed by atoms with van der Waals surface area (Å²) in [5, 5.41) is 6.46. The number of hydrogen-bond acceptors (Lipinski definition) is 3. The Labute approximate surface area is 188 Å². The minimum absolute atomic E-state index is 0. The van der Waals surface area contributed by atoms with E-state index in [4.69, 9.17) is 34.8 Å². The molecule has 0 spiro atoms. The highest BCUT2D eigenvalue weighted by atomic mass is 35.5. The molecular weight excluding hydrogens is 460 g/mol.